The second kappa shape index (κ2) is 10.1. The Hall–Kier alpha value is -3.60. The van der Waals surface area contributed by atoms with Gasteiger partial charge in [-0.25, -0.2) is 0 Å². The first-order valence-electron chi connectivity index (χ1n) is 11.1. The molecule has 1 saturated heterocycles. The van der Waals surface area contributed by atoms with E-state index in [0.29, 0.717) is 26.0 Å². The summed E-state index contributed by atoms with van der Waals surface area (Å²) in [4.78, 5) is 27.3. The van der Waals surface area contributed by atoms with Crippen LogP contribution in [0.3, 0.4) is 0 Å². The zero-order valence-corrected chi connectivity index (χ0v) is 18.2. The van der Waals surface area contributed by atoms with Crippen molar-refractivity contribution in [1.29, 1.82) is 0 Å². The van der Waals surface area contributed by atoms with Crippen molar-refractivity contribution in [3.05, 3.63) is 96.1 Å². The van der Waals surface area contributed by atoms with Crippen LogP contribution in [0.25, 0.3) is 0 Å². The number of carbonyl (C=O) groups is 2. The summed E-state index contributed by atoms with van der Waals surface area (Å²) in [5, 5.41) is 3.08. The number of benzene rings is 3. The smallest absolute Gasteiger partial charge is 0.229 e. The van der Waals surface area contributed by atoms with E-state index < -0.39 is 0 Å². The van der Waals surface area contributed by atoms with Crippen LogP contribution in [-0.4, -0.2) is 31.0 Å². The number of hydrogen-bond donors (Lipinski definition) is 1. The van der Waals surface area contributed by atoms with Gasteiger partial charge in [0.25, 0.3) is 0 Å². The molecule has 3 aromatic rings. The zero-order chi connectivity index (χ0) is 22.3. The van der Waals surface area contributed by atoms with Crippen LogP contribution >= 0.6 is 0 Å². The van der Waals surface area contributed by atoms with Crippen LogP contribution < -0.4 is 15.0 Å². The molecular formula is C27H28N2O3. The van der Waals surface area contributed by atoms with Gasteiger partial charge in [-0.15, -0.1) is 0 Å². The third-order valence-electron chi connectivity index (χ3n) is 5.74. The number of nitrogens with zero attached hydrogens (tertiary/aromatic N) is 1. The maximum Gasteiger partial charge on any atom is 0.229 e. The largest absolute Gasteiger partial charge is 0.494 e. The molecule has 164 valence electrons. The molecule has 1 heterocycles. The predicted octanol–water partition coefficient (Wildman–Crippen LogP) is 4.53. The van der Waals surface area contributed by atoms with Gasteiger partial charge in [0.2, 0.25) is 11.8 Å². The van der Waals surface area contributed by atoms with Gasteiger partial charge >= 0.3 is 0 Å². The Morgan fingerprint density at radius 1 is 0.969 bits per heavy atom. The van der Waals surface area contributed by atoms with Crippen LogP contribution in [0.5, 0.6) is 5.75 Å². The molecular weight excluding hydrogens is 400 g/mol. The Morgan fingerprint density at radius 2 is 1.56 bits per heavy atom. The minimum Gasteiger partial charge on any atom is -0.494 e. The van der Waals surface area contributed by atoms with E-state index in [4.69, 9.17) is 4.74 Å². The van der Waals surface area contributed by atoms with E-state index >= 15 is 0 Å². The van der Waals surface area contributed by atoms with Gasteiger partial charge in [-0.05, 0) is 42.3 Å². The third-order valence-corrected chi connectivity index (χ3v) is 5.74. The highest BCUT2D eigenvalue weighted by molar-refractivity contribution is 5.97. The Labute approximate surface area is 189 Å². The summed E-state index contributed by atoms with van der Waals surface area (Å²) in [5.41, 5.74) is 3.03. The molecule has 1 unspecified atom stereocenters. The van der Waals surface area contributed by atoms with E-state index in [0.717, 1.165) is 22.6 Å². The molecule has 3 aromatic carbocycles. The van der Waals surface area contributed by atoms with E-state index in [2.05, 4.69) is 29.6 Å². The Bertz CT molecular complexity index is 996. The second-order valence-electron chi connectivity index (χ2n) is 7.98. The fourth-order valence-corrected chi connectivity index (χ4v) is 4.21. The number of hydrogen-bond acceptors (Lipinski definition) is 3. The van der Waals surface area contributed by atoms with Gasteiger partial charge in [0, 0.05) is 31.0 Å². The molecule has 1 atom stereocenters. The van der Waals surface area contributed by atoms with Crippen molar-refractivity contribution in [2.45, 2.75) is 31.7 Å². The number of carbonyl (C=O) groups excluding carboxylic acids is 2. The van der Waals surface area contributed by atoms with Crippen molar-refractivity contribution < 1.29 is 14.3 Å². The predicted molar refractivity (Wildman–Crippen MR) is 126 cm³/mol. The molecule has 5 nitrogen and oxygen atoms in total. The zero-order valence-electron chi connectivity index (χ0n) is 18.2. The van der Waals surface area contributed by atoms with Gasteiger partial charge in [0.05, 0.1) is 12.6 Å². The van der Waals surface area contributed by atoms with Crippen molar-refractivity contribution in [2.75, 3.05) is 18.1 Å². The highest BCUT2D eigenvalue weighted by Crippen LogP contribution is 2.28. The van der Waals surface area contributed by atoms with E-state index in [1.54, 1.807) is 4.90 Å². The molecule has 5 heteroatoms. The summed E-state index contributed by atoms with van der Waals surface area (Å²) < 4.78 is 5.47. The molecule has 2 amide bonds. The van der Waals surface area contributed by atoms with Crippen LogP contribution in [0.15, 0.2) is 84.9 Å². The lowest BCUT2D eigenvalue weighted by Crippen LogP contribution is -2.37. The first-order chi connectivity index (χ1) is 15.6. The summed E-state index contributed by atoms with van der Waals surface area (Å²) >= 11 is 0. The third kappa shape index (κ3) is 5.17. The van der Waals surface area contributed by atoms with Gasteiger partial charge in [-0.1, -0.05) is 60.7 Å². The molecule has 0 aliphatic carbocycles. The minimum atomic E-state index is -0.200. The van der Waals surface area contributed by atoms with E-state index in [1.165, 1.54) is 0 Å². The maximum absolute atomic E-state index is 13.0. The normalized spacial score (nSPS) is 15.8. The fraction of sp³-hybridized carbons (Fsp3) is 0.259. The average molecular weight is 429 g/mol. The van der Waals surface area contributed by atoms with Gasteiger partial charge < -0.3 is 15.0 Å². The highest BCUT2D eigenvalue weighted by Gasteiger charge is 2.32. The van der Waals surface area contributed by atoms with Crippen molar-refractivity contribution in [3.8, 4) is 5.75 Å². The SMILES string of the molecule is CCOc1ccc(N2CC(NC(=O)CC(c3ccccc3)c3ccccc3)CC2=O)cc1. The first-order valence-corrected chi connectivity index (χ1v) is 11.1. The van der Waals surface area contributed by atoms with Crippen molar-refractivity contribution in [2.24, 2.45) is 0 Å². The number of ether oxygens (including phenoxy) is 1. The number of amides is 2. The second-order valence-corrected chi connectivity index (χ2v) is 7.98. The summed E-state index contributed by atoms with van der Waals surface area (Å²) in [6.07, 6.45) is 0.641. The average Bonchev–Trinajstić information content (AvgIpc) is 3.19. The number of anilines is 1. The van der Waals surface area contributed by atoms with E-state index in [1.807, 2.05) is 67.6 Å². The lowest BCUT2D eigenvalue weighted by Gasteiger charge is -2.20. The van der Waals surface area contributed by atoms with Crippen molar-refractivity contribution in [1.82, 2.24) is 5.32 Å². The van der Waals surface area contributed by atoms with Crippen molar-refractivity contribution in [3.63, 3.8) is 0 Å². The topological polar surface area (TPSA) is 58.6 Å². The standard InChI is InChI=1S/C27H28N2O3/c1-2-32-24-15-13-23(14-16-24)29-19-22(17-27(29)31)28-26(30)18-25(20-9-5-3-6-10-20)21-11-7-4-8-12-21/h3-16,22,25H,2,17-19H2,1H3,(H,28,30). The van der Waals surface area contributed by atoms with Crippen LogP contribution in [0.1, 0.15) is 36.8 Å². The van der Waals surface area contributed by atoms with Gasteiger partial charge in [-0.2, -0.15) is 0 Å². The highest BCUT2D eigenvalue weighted by atomic mass is 16.5. The number of nitrogens with one attached hydrogen (secondary N) is 1. The molecule has 0 aromatic heterocycles. The van der Waals surface area contributed by atoms with Crippen LogP contribution in [0.4, 0.5) is 5.69 Å². The van der Waals surface area contributed by atoms with Crippen LogP contribution in [0.2, 0.25) is 0 Å². The lowest BCUT2D eigenvalue weighted by molar-refractivity contribution is -0.122. The number of rotatable bonds is 8. The quantitative estimate of drug-likeness (QED) is 0.574. The molecule has 1 aliphatic rings. The summed E-state index contributed by atoms with van der Waals surface area (Å²) in [6.45, 7) is 3.01. The van der Waals surface area contributed by atoms with Crippen molar-refractivity contribution >= 4 is 17.5 Å². The fourth-order valence-electron chi connectivity index (χ4n) is 4.21. The van der Waals surface area contributed by atoms with Crippen LogP contribution in [-0.2, 0) is 9.59 Å². The Balaban J connectivity index is 1.41. The molecule has 0 bridgehead atoms. The van der Waals surface area contributed by atoms with Gasteiger partial charge in [-0.3, -0.25) is 9.59 Å². The van der Waals surface area contributed by atoms with E-state index in [9.17, 15) is 9.59 Å². The molecule has 0 spiro atoms. The van der Waals surface area contributed by atoms with Crippen LogP contribution in [0, 0.1) is 0 Å². The summed E-state index contributed by atoms with van der Waals surface area (Å²) in [5.74, 6) is 0.716. The van der Waals surface area contributed by atoms with Gasteiger partial charge in [0.15, 0.2) is 0 Å². The van der Waals surface area contributed by atoms with E-state index in [-0.39, 0.29) is 23.8 Å². The Morgan fingerprint density at radius 3 is 2.12 bits per heavy atom. The maximum atomic E-state index is 13.0. The summed E-state index contributed by atoms with van der Waals surface area (Å²) in [6, 6.07) is 27.4. The first kappa shape index (κ1) is 21.6. The molecule has 1 aliphatic heterocycles. The molecule has 1 fully saturated rings. The molecule has 4 rings (SSSR count). The monoisotopic (exact) mass is 428 g/mol. The molecule has 32 heavy (non-hydrogen) atoms. The molecule has 0 saturated carbocycles. The van der Waals surface area contributed by atoms with Gasteiger partial charge in [0.1, 0.15) is 5.75 Å². The minimum absolute atomic E-state index is 0.0159. The molecule has 1 N–H and O–H groups in total. The lowest BCUT2D eigenvalue weighted by atomic mass is 9.88. The molecule has 0 radical (unpaired) electrons. The summed E-state index contributed by atoms with van der Waals surface area (Å²) in [7, 11) is 0. The Kier molecular flexibility index (Phi) is 6.85.